The molecule has 0 N–H and O–H groups in total. The van der Waals surface area contributed by atoms with Crippen molar-refractivity contribution >= 4 is 28.2 Å². The lowest BCUT2D eigenvalue weighted by molar-refractivity contribution is -0.127. The minimum atomic E-state index is -3.48. The molecule has 1 fully saturated rings. The van der Waals surface area contributed by atoms with E-state index in [1.165, 1.54) is 28.8 Å². The maximum Gasteiger partial charge on any atom is 0.340 e. The second-order valence-electron chi connectivity index (χ2n) is 7.27. The Bertz CT molecular complexity index is 925. The predicted molar refractivity (Wildman–Crippen MR) is 115 cm³/mol. The number of rotatable bonds is 7. The molecule has 1 amide bonds. The Morgan fingerprint density at radius 1 is 1.07 bits per heavy atom. The van der Waals surface area contributed by atoms with Gasteiger partial charge in [0.1, 0.15) is 0 Å². The zero-order valence-corrected chi connectivity index (χ0v) is 19.5. The van der Waals surface area contributed by atoms with E-state index in [9.17, 15) is 18.0 Å². The van der Waals surface area contributed by atoms with Crippen molar-refractivity contribution in [2.45, 2.75) is 34.2 Å². The molecule has 0 bridgehead atoms. The fraction of sp³-hybridized carbons (Fsp3) is 0.600. The monoisotopic (exact) mass is 440 g/mol. The van der Waals surface area contributed by atoms with Crippen molar-refractivity contribution in [1.82, 2.24) is 18.1 Å². The molecule has 0 aromatic carbocycles. The van der Waals surface area contributed by atoms with Gasteiger partial charge in [0.25, 0.3) is 10.2 Å². The van der Waals surface area contributed by atoms with Crippen LogP contribution in [0.1, 0.15) is 41.2 Å². The summed E-state index contributed by atoms with van der Waals surface area (Å²) in [7, 11) is -0.500. The first-order valence-electron chi connectivity index (χ1n) is 10.1. The normalized spacial score (nSPS) is 15.9. The van der Waals surface area contributed by atoms with E-state index < -0.39 is 16.2 Å². The zero-order chi connectivity index (χ0) is 22.6. The highest BCUT2D eigenvalue weighted by atomic mass is 32.2. The molecule has 0 radical (unpaired) electrons. The third-order valence-corrected chi connectivity index (χ3v) is 7.30. The van der Waals surface area contributed by atoms with E-state index in [-0.39, 0.29) is 25.6 Å². The van der Waals surface area contributed by atoms with Gasteiger partial charge in [-0.25, -0.2) is 4.79 Å². The molecule has 2 rings (SSSR count). The van der Waals surface area contributed by atoms with Gasteiger partial charge in [-0.3, -0.25) is 4.79 Å². The van der Waals surface area contributed by atoms with Gasteiger partial charge in [0, 0.05) is 69.8 Å². The van der Waals surface area contributed by atoms with Gasteiger partial charge in [-0.2, -0.15) is 17.0 Å². The van der Waals surface area contributed by atoms with E-state index in [2.05, 4.69) is 0 Å². The van der Waals surface area contributed by atoms with Crippen molar-refractivity contribution in [3.05, 3.63) is 28.6 Å². The van der Waals surface area contributed by atoms with Gasteiger partial charge in [-0.15, -0.1) is 0 Å². The van der Waals surface area contributed by atoms with Crippen molar-refractivity contribution in [2.24, 2.45) is 0 Å². The van der Waals surface area contributed by atoms with Crippen molar-refractivity contribution < 1.29 is 22.7 Å². The summed E-state index contributed by atoms with van der Waals surface area (Å²) >= 11 is 0. The van der Waals surface area contributed by atoms with Crippen LogP contribution < -0.4 is 0 Å². The Hall–Kier alpha value is -2.17. The molecule has 1 saturated heterocycles. The number of hydrogen-bond donors (Lipinski definition) is 0. The summed E-state index contributed by atoms with van der Waals surface area (Å²) in [5.41, 5.74) is 2.85. The molecular weight excluding hydrogens is 408 g/mol. The van der Waals surface area contributed by atoms with E-state index in [0.29, 0.717) is 30.8 Å². The molecular formula is C20H32N4O5S. The molecule has 2 heterocycles. The van der Waals surface area contributed by atoms with Crippen molar-refractivity contribution in [3.63, 3.8) is 0 Å². The molecule has 0 spiro atoms. The summed E-state index contributed by atoms with van der Waals surface area (Å²) in [5, 5.41) is 0. The number of ether oxygens (including phenoxy) is 1. The first kappa shape index (κ1) is 24.1. The van der Waals surface area contributed by atoms with Gasteiger partial charge >= 0.3 is 5.97 Å². The largest absolute Gasteiger partial charge is 0.462 e. The summed E-state index contributed by atoms with van der Waals surface area (Å²) in [6.07, 6.45) is 3.10. The van der Waals surface area contributed by atoms with E-state index >= 15 is 0 Å². The first-order valence-corrected chi connectivity index (χ1v) is 11.5. The SMILES string of the molecule is CCOC(=O)c1c(/C=C/C(=O)N2CCN(S(=O)(=O)N(C)C)CC2)c(C)n(CC)c1C. The smallest absolute Gasteiger partial charge is 0.340 e. The first-order chi connectivity index (χ1) is 14.1. The van der Waals surface area contributed by atoms with Crippen LogP contribution in [0.5, 0.6) is 0 Å². The lowest BCUT2D eigenvalue weighted by Gasteiger charge is -2.34. The number of hydrogen-bond acceptors (Lipinski definition) is 5. The highest BCUT2D eigenvalue weighted by molar-refractivity contribution is 7.86. The average molecular weight is 441 g/mol. The van der Waals surface area contributed by atoms with Crippen LogP contribution in [0.25, 0.3) is 6.08 Å². The topological polar surface area (TPSA) is 92.2 Å². The lowest BCUT2D eigenvalue weighted by Crippen LogP contribution is -2.52. The molecule has 168 valence electrons. The Labute approximate surface area is 179 Å². The summed E-state index contributed by atoms with van der Waals surface area (Å²) in [5.74, 6) is -0.618. The Morgan fingerprint density at radius 3 is 2.17 bits per heavy atom. The second-order valence-corrected chi connectivity index (χ2v) is 9.41. The maximum atomic E-state index is 12.7. The maximum absolute atomic E-state index is 12.7. The molecule has 9 nitrogen and oxygen atoms in total. The van der Waals surface area contributed by atoms with Gasteiger partial charge in [0.2, 0.25) is 5.91 Å². The number of piperazine rings is 1. The third-order valence-electron chi connectivity index (χ3n) is 5.36. The van der Waals surface area contributed by atoms with E-state index in [1.54, 1.807) is 17.9 Å². The molecule has 0 saturated carbocycles. The molecule has 1 aromatic heterocycles. The van der Waals surface area contributed by atoms with Gasteiger partial charge in [-0.05, 0) is 33.8 Å². The molecule has 0 atom stereocenters. The van der Waals surface area contributed by atoms with Crippen LogP contribution in [-0.2, 0) is 26.3 Å². The van der Waals surface area contributed by atoms with Crippen molar-refractivity contribution in [1.29, 1.82) is 0 Å². The van der Waals surface area contributed by atoms with E-state index in [0.717, 1.165) is 11.4 Å². The molecule has 1 aromatic rings. The molecule has 10 heteroatoms. The quantitative estimate of drug-likeness (QED) is 0.470. The molecule has 1 aliphatic rings. The number of nitrogens with zero attached hydrogens (tertiary/aromatic N) is 4. The zero-order valence-electron chi connectivity index (χ0n) is 18.6. The van der Waals surface area contributed by atoms with Gasteiger partial charge in [0.15, 0.2) is 0 Å². The van der Waals surface area contributed by atoms with E-state index in [1.807, 2.05) is 25.3 Å². The Balaban J connectivity index is 2.19. The summed E-state index contributed by atoms with van der Waals surface area (Å²) in [4.78, 5) is 26.8. The predicted octanol–water partition coefficient (Wildman–Crippen LogP) is 1.27. The summed E-state index contributed by atoms with van der Waals surface area (Å²) in [6, 6.07) is 0. The van der Waals surface area contributed by atoms with Crippen LogP contribution in [-0.4, -0.2) is 85.3 Å². The standard InChI is InChI=1S/C20H32N4O5S/c1-7-24-15(3)17(19(16(24)4)20(26)29-8-2)9-10-18(25)22-11-13-23(14-12-22)30(27,28)21(5)6/h9-10H,7-8,11-14H2,1-6H3/b10-9+. The fourth-order valence-corrected chi connectivity index (χ4v) is 4.76. The van der Waals surface area contributed by atoms with Crippen LogP contribution in [0.4, 0.5) is 0 Å². The molecule has 30 heavy (non-hydrogen) atoms. The van der Waals surface area contributed by atoms with Gasteiger partial charge in [-0.1, -0.05) is 0 Å². The minimum Gasteiger partial charge on any atom is -0.462 e. The fourth-order valence-electron chi connectivity index (χ4n) is 3.68. The summed E-state index contributed by atoms with van der Waals surface area (Å²) < 4.78 is 34.2. The number of carbonyl (C=O) groups is 2. The van der Waals surface area contributed by atoms with Gasteiger partial charge < -0.3 is 14.2 Å². The van der Waals surface area contributed by atoms with Crippen LogP contribution in [0.3, 0.4) is 0 Å². The van der Waals surface area contributed by atoms with Crippen LogP contribution in [0.15, 0.2) is 6.08 Å². The number of aromatic nitrogens is 1. The van der Waals surface area contributed by atoms with Crippen molar-refractivity contribution in [2.75, 3.05) is 46.9 Å². The van der Waals surface area contributed by atoms with E-state index in [4.69, 9.17) is 4.74 Å². The number of esters is 1. The minimum absolute atomic E-state index is 0.215. The Kier molecular flexibility index (Phi) is 7.84. The number of carbonyl (C=O) groups excluding carboxylic acids is 2. The molecule has 1 aliphatic heterocycles. The highest BCUT2D eigenvalue weighted by Crippen LogP contribution is 2.25. The summed E-state index contributed by atoms with van der Waals surface area (Å²) in [6.45, 7) is 9.63. The van der Waals surface area contributed by atoms with Gasteiger partial charge in [0.05, 0.1) is 12.2 Å². The number of amides is 1. The lowest BCUT2D eigenvalue weighted by atomic mass is 10.1. The second kappa shape index (κ2) is 9.76. The van der Waals surface area contributed by atoms with Crippen LogP contribution >= 0.6 is 0 Å². The molecule has 0 unspecified atom stereocenters. The average Bonchev–Trinajstić information content (AvgIpc) is 2.95. The third kappa shape index (κ3) is 4.76. The highest BCUT2D eigenvalue weighted by Gasteiger charge is 2.30. The van der Waals surface area contributed by atoms with Crippen LogP contribution in [0, 0.1) is 13.8 Å². The molecule has 0 aliphatic carbocycles. The van der Waals surface area contributed by atoms with Crippen LogP contribution in [0.2, 0.25) is 0 Å². The van der Waals surface area contributed by atoms with Crippen molar-refractivity contribution in [3.8, 4) is 0 Å². The Morgan fingerprint density at radius 2 is 1.67 bits per heavy atom.